The van der Waals surface area contributed by atoms with Crippen molar-refractivity contribution in [2.75, 3.05) is 12.4 Å². The van der Waals surface area contributed by atoms with Gasteiger partial charge in [0.05, 0.1) is 12.7 Å². The second kappa shape index (κ2) is 6.52. The highest BCUT2D eigenvalue weighted by Gasteiger charge is 2.08. The highest BCUT2D eigenvalue weighted by Crippen LogP contribution is 2.21. The molecule has 0 radical (unpaired) electrons. The number of anilines is 1. The van der Waals surface area contributed by atoms with Gasteiger partial charge in [-0.2, -0.15) is 0 Å². The molecule has 3 nitrogen and oxygen atoms in total. The summed E-state index contributed by atoms with van der Waals surface area (Å²) in [5.74, 6) is -0.662. The first-order valence-corrected chi connectivity index (χ1v) is 6.75. The summed E-state index contributed by atoms with van der Waals surface area (Å²) in [5, 5.41) is 3.12. The number of carbonyl (C=O) groups excluding carboxylic acids is 1. The molecule has 20 heavy (non-hydrogen) atoms. The second-order valence-electron chi connectivity index (χ2n) is 4.16. The van der Waals surface area contributed by atoms with Crippen LogP contribution >= 0.6 is 15.9 Å². The molecule has 0 spiro atoms. The van der Waals surface area contributed by atoms with Crippen LogP contribution in [0.15, 0.2) is 46.9 Å². The van der Waals surface area contributed by atoms with Crippen LogP contribution in [0.25, 0.3) is 0 Å². The Morgan fingerprint density at radius 1 is 1.30 bits per heavy atom. The smallest absolute Gasteiger partial charge is 0.337 e. The van der Waals surface area contributed by atoms with Gasteiger partial charge in [0.15, 0.2) is 0 Å². The highest BCUT2D eigenvalue weighted by molar-refractivity contribution is 9.10. The van der Waals surface area contributed by atoms with Crippen molar-refractivity contribution < 1.29 is 13.9 Å². The van der Waals surface area contributed by atoms with Gasteiger partial charge in [-0.1, -0.05) is 28.1 Å². The fourth-order valence-electron chi connectivity index (χ4n) is 1.73. The van der Waals surface area contributed by atoms with Gasteiger partial charge in [0.1, 0.15) is 5.82 Å². The van der Waals surface area contributed by atoms with Crippen LogP contribution in [-0.2, 0) is 11.3 Å². The van der Waals surface area contributed by atoms with Crippen molar-refractivity contribution in [1.82, 2.24) is 0 Å². The molecule has 0 aliphatic carbocycles. The molecular formula is C15H13BrFNO2. The van der Waals surface area contributed by atoms with Crippen molar-refractivity contribution in [1.29, 1.82) is 0 Å². The van der Waals surface area contributed by atoms with Gasteiger partial charge in [0.25, 0.3) is 0 Å². The summed E-state index contributed by atoms with van der Waals surface area (Å²) in [4.78, 5) is 11.4. The molecule has 0 heterocycles. The molecule has 104 valence electrons. The van der Waals surface area contributed by atoms with E-state index in [1.54, 1.807) is 24.3 Å². The molecule has 2 rings (SSSR count). The zero-order chi connectivity index (χ0) is 14.5. The average Bonchev–Trinajstić information content (AvgIpc) is 2.45. The van der Waals surface area contributed by atoms with Crippen LogP contribution < -0.4 is 5.32 Å². The number of halogens is 2. The monoisotopic (exact) mass is 337 g/mol. The van der Waals surface area contributed by atoms with Gasteiger partial charge in [-0.15, -0.1) is 0 Å². The quantitative estimate of drug-likeness (QED) is 0.857. The number of rotatable bonds is 4. The van der Waals surface area contributed by atoms with Gasteiger partial charge in [-0.25, -0.2) is 9.18 Å². The lowest BCUT2D eigenvalue weighted by atomic mass is 10.1. The molecule has 0 saturated heterocycles. The molecule has 0 aliphatic rings. The maximum atomic E-state index is 13.1. The third-order valence-electron chi connectivity index (χ3n) is 2.78. The molecule has 1 N–H and O–H groups in total. The first-order chi connectivity index (χ1) is 9.60. The summed E-state index contributed by atoms with van der Waals surface area (Å²) < 4.78 is 18.5. The van der Waals surface area contributed by atoms with Crippen molar-refractivity contribution in [2.24, 2.45) is 0 Å². The zero-order valence-electron chi connectivity index (χ0n) is 10.8. The molecule has 2 aromatic rings. The molecule has 0 saturated carbocycles. The number of hydrogen-bond acceptors (Lipinski definition) is 3. The van der Waals surface area contributed by atoms with Gasteiger partial charge in [-0.3, -0.25) is 0 Å². The maximum absolute atomic E-state index is 13.1. The van der Waals surface area contributed by atoms with Gasteiger partial charge in [0.2, 0.25) is 0 Å². The molecule has 0 aliphatic heterocycles. The normalized spacial score (nSPS) is 10.2. The number of carbonyl (C=O) groups is 1. The molecule has 0 unspecified atom stereocenters. The number of benzene rings is 2. The minimum atomic E-state index is -0.379. The van der Waals surface area contributed by atoms with E-state index in [0.29, 0.717) is 17.8 Å². The maximum Gasteiger partial charge on any atom is 0.337 e. The summed E-state index contributed by atoms with van der Waals surface area (Å²) in [6.07, 6.45) is 0. The van der Waals surface area contributed by atoms with Gasteiger partial charge >= 0.3 is 5.97 Å². The van der Waals surface area contributed by atoms with Crippen molar-refractivity contribution in [3.63, 3.8) is 0 Å². The van der Waals surface area contributed by atoms with E-state index in [1.165, 1.54) is 19.2 Å². The molecule has 5 heteroatoms. The molecule has 0 fully saturated rings. The lowest BCUT2D eigenvalue weighted by molar-refractivity contribution is 0.0600. The van der Waals surface area contributed by atoms with E-state index in [-0.39, 0.29) is 11.8 Å². The fraction of sp³-hybridized carbons (Fsp3) is 0.133. The van der Waals surface area contributed by atoms with Crippen LogP contribution in [0.2, 0.25) is 0 Å². The van der Waals surface area contributed by atoms with Crippen molar-refractivity contribution in [3.8, 4) is 0 Å². The Morgan fingerprint density at radius 3 is 2.75 bits per heavy atom. The predicted octanol–water partition coefficient (Wildman–Crippen LogP) is 3.99. The summed E-state index contributed by atoms with van der Waals surface area (Å²) >= 11 is 3.41. The average molecular weight is 338 g/mol. The Bertz CT molecular complexity index is 631. The minimum Gasteiger partial charge on any atom is -0.465 e. The SMILES string of the molecule is COC(=O)c1ccc(CNc2cccc(F)c2)c(Br)c1. The number of nitrogens with one attached hydrogen (secondary N) is 1. The first kappa shape index (κ1) is 14.5. The van der Waals surface area contributed by atoms with Gasteiger partial charge in [-0.05, 0) is 35.9 Å². The Labute approximate surface area is 124 Å². The lowest BCUT2D eigenvalue weighted by Crippen LogP contribution is -2.04. The summed E-state index contributed by atoms with van der Waals surface area (Å²) in [7, 11) is 1.34. The van der Waals surface area contributed by atoms with E-state index < -0.39 is 0 Å². The third-order valence-corrected chi connectivity index (χ3v) is 3.52. The Balaban J connectivity index is 2.08. The van der Waals surface area contributed by atoms with E-state index in [0.717, 1.165) is 10.0 Å². The highest BCUT2D eigenvalue weighted by atomic mass is 79.9. The van der Waals surface area contributed by atoms with Crippen LogP contribution in [0, 0.1) is 5.82 Å². The van der Waals surface area contributed by atoms with E-state index in [1.807, 2.05) is 6.07 Å². The number of ether oxygens (including phenoxy) is 1. The van der Waals surface area contributed by atoms with E-state index in [9.17, 15) is 9.18 Å². The van der Waals surface area contributed by atoms with Crippen LogP contribution in [0.3, 0.4) is 0 Å². The molecule has 0 aromatic heterocycles. The summed E-state index contributed by atoms with van der Waals surface area (Å²) in [6, 6.07) is 11.5. The Hall–Kier alpha value is -1.88. The van der Waals surface area contributed by atoms with Crippen molar-refractivity contribution in [2.45, 2.75) is 6.54 Å². The number of hydrogen-bond donors (Lipinski definition) is 1. The zero-order valence-corrected chi connectivity index (χ0v) is 12.4. The fourth-order valence-corrected chi connectivity index (χ4v) is 2.25. The molecule has 2 aromatic carbocycles. The molecule has 0 amide bonds. The first-order valence-electron chi connectivity index (χ1n) is 5.96. The van der Waals surface area contributed by atoms with E-state index in [2.05, 4.69) is 26.0 Å². The minimum absolute atomic E-state index is 0.282. The molecule has 0 bridgehead atoms. The largest absolute Gasteiger partial charge is 0.465 e. The molecule has 0 atom stereocenters. The number of esters is 1. The Kier molecular flexibility index (Phi) is 4.74. The van der Waals surface area contributed by atoms with Crippen molar-refractivity contribution >= 4 is 27.6 Å². The van der Waals surface area contributed by atoms with E-state index in [4.69, 9.17) is 0 Å². The summed E-state index contributed by atoms with van der Waals surface area (Å²) in [6.45, 7) is 0.519. The third kappa shape index (κ3) is 3.57. The lowest BCUT2D eigenvalue weighted by Gasteiger charge is -2.09. The Morgan fingerprint density at radius 2 is 2.10 bits per heavy atom. The van der Waals surface area contributed by atoms with Gasteiger partial charge < -0.3 is 10.1 Å². The van der Waals surface area contributed by atoms with E-state index >= 15 is 0 Å². The predicted molar refractivity (Wildman–Crippen MR) is 79.2 cm³/mol. The van der Waals surface area contributed by atoms with Crippen LogP contribution in [0.4, 0.5) is 10.1 Å². The summed E-state index contributed by atoms with van der Waals surface area (Å²) in [5.41, 5.74) is 2.14. The molecular weight excluding hydrogens is 325 g/mol. The topological polar surface area (TPSA) is 38.3 Å². The van der Waals surface area contributed by atoms with Crippen LogP contribution in [0.1, 0.15) is 15.9 Å². The van der Waals surface area contributed by atoms with Crippen LogP contribution in [-0.4, -0.2) is 13.1 Å². The van der Waals surface area contributed by atoms with Gasteiger partial charge in [0, 0.05) is 16.7 Å². The number of methoxy groups -OCH3 is 1. The van der Waals surface area contributed by atoms with Crippen molar-refractivity contribution in [3.05, 3.63) is 63.9 Å². The van der Waals surface area contributed by atoms with Crippen LogP contribution in [0.5, 0.6) is 0 Å². The standard InChI is InChI=1S/C15H13BrFNO2/c1-20-15(19)10-5-6-11(14(16)7-10)9-18-13-4-2-3-12(17)8-13/h2-8,18H,9H2,1H3. The second-order valence-corrected chi connectivity index (χ2v) is 5.02.